The van der Waals surface area contributed by atoms with Gasteiger partial charge in [-0.25, -0.2) is 4.79 Å². The highest BCUT2D eigenvalue weighted by atomic mass is 32.1. The molecule has 13 nitrogen and oxygen atoms in total. The van der Waals surface area contributed by atoms with E-state index in [0.717, 1.165) is 16.5 Å². The molecule has 0 saturated carbocycles. The highest BCUT2D eigenvalue weighted by molar-refractivity contribution is 7.80. The predicted molar refractivity (Wildman–Crippen MR) is 150 cm³/mol. The Labute approximate surface area is 231 Å². The van der Waals surface area contributed by atoms with Crippen molar-refractivity contribution < 1.29 is 24.3 Å². The number of carboxylic acid groups (broad SMARTS) is 1. The number of H-pyrrole nitrogens is 1. The number of aliphatic imine (C=N–C) groups is 1. The predicted octanol–water partition coefficient (Wildman–Crippen LogP) is -0.934. The number of amides is 3. The van der Waals surface area contributed by atoms with Crippen LogP contribution in [-0.4, -0.2) is 87.7 Å². The van der Waals surface area contributed by atoms with Gasteiger partial charge in [-0.1, -0.05) is 18.2 Å². The Hall–Kier alpha value is -3.78. The van der Waals surface area contributed by atoms with Crippen molar-refractivity contribution in [1.82, 2.24) is 20.5 Å². The number of nitrogens with zero attached hydrogens (tertiary/aromatic N) is 2. The second-order valence-corrected chi connectivity index (χ2v) is 9.82. The Kier molecular flexibility index (Phi) is 10.6. The molecule has 1 aliphatic heterocycles. The molecule has 4 atom stereocenters. The molecule has 1 aromatic heterocycles. The highest BCUT2D eigenvalue weighted by Gasteiger charge is 2.38. The van der Waals surface area contributed by atoms with Crippen LogP contribution in [0, 0.1) is 0 Å². The molecule has 3 amide bonds. The van der Waals surface area contributed by atoms with E-state index in [2.05, 4.69) is 33.2 Å². The summed E-state index contributed by atoms with van der Waals surface area (Å²) < 4.78 is 0. The molecule has 1 aliphatic rings. The summed E-state index contributed by atoms with van der Waals surface area (Å²) >= 11 is 4.24. The van der Waals surface area contributed by atoms with Crippen LogP contribution in [0.2, 0.25) is 0 Å². The zero-order chi connectivity index (χ0) is 28.5. The van der Waals surface area contributed by atoms with Crippen molar-refractivity contribution in [3.63, 3.8) is 0 Å². The number of likely N-dealkylation sites (tertiary alicyclic amines) is 1. The minimum Gasteiger partial charge on any atom is -0.480 e. The molecule has 0 radical (unpaired) electrons. The van der Waals surface area contributed by atoms with Crippen LogP contribution in [0.15, 0.2) is 35.5 Å². The van der Waals surface area contributed by atoms with E-state index < -0.39 is 47.9 Å². The Morgan fingerprint density at radius 1 is 1.18 bits per heavy atom. The van der Waals surface area contributed by atoms with Crippen LogP contribution in [0.1, 0.15) is 31.2 Å². The molecule has 39 heavy (non-hydrogen) atoms. The Bertz CT molecular complexity index is 1210. The molecule has 1 fully saturated rings. The van der Waals surface area contributed by atoms with E-state index in [1.165, 1.54) is 4.90 Å². The number of fused-ring (bicyclic) bond motifs is 1. The molecular weight excluding hydrogens is 524 g/mol. The summed E-state index contributed by atoms with van der Waals surface area (Å²) in [5, 5.41) is 15.7. The fourth-order valence-electron chi connectivity index (χ4n) is 4.63. The van der Waals surface area contributed by atoms with Crippen LogP contribution in [0.5, 0.6) is 0 Å². The number of aliphatic carboxylic acids is 1. The normalized spacial score (nSPS) is 17.3. The molecule has 10 N–H and O–H groups in total. The summed E-state index contributed by atoms with van der Waals surface area (Å²) in [6.07, 6.45) is 3.44. The van der Waals surface area contributed by atoms with Crippen LogP contribution < -0.4 is 27.8 Å². The fraction of sp³-hybridized carbons (Fsp3) is 0.480. The number of aromatic amines is 1. The second-order valence-electron chi connectivity index (χ2n) is 9.45. The number of guanidine groups is 1. The number of para-hydroxylation sites is 1. The lowest BCUT2D eigenvalue weighted by Gasteiger charge is -2.29. The SMILES string of the molecule is NC(N)=NCCCC(NC(=O)C1CCCN1C(=O)C(CS)NC(=O)C(N)Cc1c[nH]c2ccccc12)C(=O)O. The summed E-state index contributed by atoms with van der Waals surface area (Å²) in [6, 6.07) is 3.72. The summed E-state index contributed by atoms with van der Waals surface area (Å²) in [5.41, 5.74) is 18.5. The minimum atomic E-state index is -1.20. The van der Waals surface area contributed by atoms with Crippen molar-refractivity contribution in [2.75, 3.05) is 18.8 Å². The smallest absolute Gasteiger partial charge is 0.326 e. The molecular formula is C25H36N8O5S. The second kappa shape index (κ2) is 13.8. The number of carbonyl (C=O) groups excluding carboxylic acids is 3. The molecule has 0 spiro atoms. The van der Waals surface area contributed by atoms with Gasteiger partial charge in [0.05, 0.1) is 6.04 Å². The molecule has 4 unspecified atom stereocenters. The fourth-order valence-corrected chi connectivity index (χ4v) is 4.87. The third-order valence-electron chi connectivity index (χ3n) is 6.65. The van der Waals surface area contributed by atoms with Crippen LogP contribution >= 0.6 is 12.6 Å². The van der Waals surface area contributed by atoms with Gasteiger partial charge in [0.1, 0.15) is 18.1 Å². The maximum Gasteiger partial charge on any atom is 0.326 e. The van der Waals surface area contributed by atoms with Crippen molar-refractivity contribution in [1.29, 1.82) is 0 Å². The van der Waals surface area contributed by atoms with E-state index in [4.69, 9.17) is 17.2 Å². The van der Waals surface area contributed by atoms with Crippen molar-refractivity contribution in [2.24, 2.45) is 22.2 Å². The number of benzene rings is 1. The molecule has 0 aliphatic carbocycles. The maximum atomic E-state index is 13.3. The Balaban J connectivity index is 1.59. The lowest BCUT2D eigenvalue weighted by atomic mass is 10.0. The van der Waals surface area contributed by atoms with Crippen molar-refractivity contribution in [3.05, 3.63) is 36.0 Å². The van der Waals surface area contributed by atoms with Crippen LogP contribution in [0.25, 0.3) is 10.9 Å². The first-order valence-electron chi connectivity index (χ1n) is 12.7. The number of hydrogen-bond donors (Lipinski definition) is 8. The van der Waals surface area contributed by atoms with Gasteiger partial charge < -0.3 is 42.8 Å². The molecule has 1 saturated heterocycles. The number of nitrogens with two attached hydrogens (primary N) is 3. The molecule has 3 rings (SSSR count). The molecule has 14 heteroatoms. The van der Waals surface area contributed by atoms with Crippen molar-refractivity contribution in [2.45, 2.75) is 56.3 Å². The number of hydrogen-bond acceptors (Lipinski definition) is 7. The average molecular weight is 561 g/mol. The van der Waals surface area contributed by atoms with Crippen molar-refractivity contribution >= 4 is 53.2 Å². The third kappa shape index (κ3) is 7.86. The van der Waals surface area contributed by atoms with Crippen LogP contribution in [0.4, 0.5) is 0 Å². The largest absolute Gasteiger partial charge is 0.480 e. The van der Waals surface area contributed by atoms with E-state index in [0.29, 0.717) is 25.8 Å². The lowest BCUT2D eigenvalue weighted by Crippen LogP contribution is -2.57. The molecule has 1 aromatic carbocycles. The van der Waals surface area contributed by atoms with Crippen LogP contribution in [-0.2, 0) is 25.6 Å². The Morgan fingerprint density at radius 3 is 2.62 bits per heavy atom. The lowest BCUT2D eigenvalue weighted by molar-refractivity contribution is -0.144. The van der Waals surface area contributed by atoms with Gasteiger partial charge in [0.2, 0.25) is 17.7 Å². The number of aromatic nitrogens is 1. The zero-order valence-electron chi connectivity index (χ0n) is 21.5. The van der Waals surface area contributed by atoms with Gasteiger partial charge in [0, 0.05) is 35.9 Å². The summed E-state index contributed by atoms with van der Waals surface area (Å²) in [6.45, 7) is 0.516. The average Bonchev–Trinajstić information content (AvgIpc) is 3.56. The standard InChI is InChI=1S/C25H36N8O5S/c26-16(11-14-12-30-17-6-2-1-5-15(14)17)21(34)32-19(13-39)23(36)33-10-4-8-20(33)22(35)31-18(24(37)38)7-3-9-29-25(27)28/h1-2,5-6,12,16,18-20,30,39H,3-4,7-11,13,26H2,(H,31,35)(H,32,34)(H,37,38)(H4,27,28,29). The first-order valence-corrected chi connectivity index (χ1v) is 13.4. The van der Waals surface area contributed by atoms with E-state index in [1.807, 2.05) is 24.3 Å². The number of thiol groups is 1. The van der Waals surface area contributed by atoms with Gasteiger partial charge in [-0.3, -0.25) is 19.4 Å². The molecule has 2 aromatic rings. The van der Waals surface area contributed by atoms with Crippen LogP contribution in [0.3, 0.4) is 0 Å². The molecule has 0 bridgehead atoms. The quantitative estimate of drug-likeness (QED) is 0.0659. The summed E-state index contributed by atoms with van der Waals surface area (Å²) in [5.74, 6) is -2.87. The monoisotopic (exact) mass is 560 g/mol. The van der Waals surface area contributed by atoms with Gasteiger partial charge in [-0.15, -0.1) is 0 Å². The van der Waals surface area contributed by atoms with E-state index in [9.17, 15) is 24.3 Å². The van der Waals surface area contributed by atoms with Crippen molar-refractivity contribution in [3.8, 4) is 0 Å². The number of rotatable bonds is 13. The van der Waals surface area contributed by atoms with Gasteiger partial charge in [0.25, 0.3) is 0 Å². The van der Waals surface area contributed by atoms with Gasteiger partial charge >= 0.3 is 5.97 Å². The van der Waals surface area contributed by atoms with Gasteiger partial charge in [-0.05, 0) is 43.7 Å². The van der Waals surface area contributed by atoms with E-state index in [-0.39, 0.29) is 31.1 Å². The van der Waals surface area contributed by atoms with Gasteiger partial charge in [-0.2, -0.15) is 12.6 Å². The summed E-state index contributed by atoms with van der Waals surface area (Å²) in [4.78, 5) is 59.2. The number of nitrogens with one attached hydrogen (secondary N) is 3. The first kappa shape index (κ1) is 29.8. The molecule has 212 valence electrons. The maximum absolute atomic E-state index is 13.3. The summed E-state index contributed by atoms with van der Waals surface area (Å²) in [7, 11) is 0. The number of carbonyl (C=O) groups is 4. The van der Waals surface area contributed by atoms with E-state index >= 15 is 0 Å². The van der Waals surface area contributed by atoms with E-state index in [1.54, 1.807) is 6.20 Å². The highest BCUT2D eigenvalue weighted by Crippen LogP contribution is 2.21. The van der Waals surface area contributed by atoms with Gasteiger partial charge in [0.15, 0.2) is 5.96 Å². The third-order valence-corrected chi connectivity index (χ3v) is 7.01. The Morgan fingerprint density at radius 2 is 1.92 bits per heavy atom. The molecule has 2 heterocycles. The minimum absolute atomic E-state index is 0.00222. The topological polar surface area (TPSA) is 222 Å². The zero-order valence-corrected chi connectivity index (χ0v) is 22.4. The first-order chi connectivity index (χ1) is 18.6. The number of carboxylic acids is 1.